The second-order valence-electron chi connectivity index (χ2n) is 7.31. The Kier molecular flexibility index (Phi) is 5.51. The van der Waals surface area contributed by atoms with Crippen LogP contribution in [0.3, 0.4) is 0 Å². The highest BCUT2D eigenvalue weighted by Gasteiger charge is 2.35. The number of aromatic nitrogens is 1. The molecular weight excluding hydrogens is 350 g/mol. The number of benzene rings is 1. The molecule has 28 heavy (non-hydrogen) atoms. The molecule has 5 nitrogen and oxygen atoms in total. The van der Waals surface area contributed by atoms with Gasteiger partial charge in [0.05, 0.1) is 34.8 Å². The number of nitrogens with zero attached hydrogens (tertiary/aromatic N) is 2. The van der Waals surface area contributed by atoms with Crippen molar-refractivity contribution in [2.75, 3.05) is 0 Å². The van der Waals surface area contributed by atoms with E-state index in [1.54, 1.807) is 0 Å². The molecule has 0 spiro atoms. The van der Waals surface area contributed by atoms with Crippen LogP contribution in [0.1, 0.15) is 51.7 Å². The van der Waals surface area contributed by atoms with Gasteiger partial charge in [-0.2, -0.15) is 5.26 Å². The lowest BCUT2D eigenvalue weighted by atomic mass is 9.79. The molecule has 0 amide bonds. The van der Waals surface area contributed by atoms with Crippen LogP contribution in [0.2, 0.25) is 0 Å². The predicted molar refractivity (Wildman–Crippen MR) is 109 cm³/mol. The SMILES string of the molecule is CCc1cnc2cccc(C3C(C#N)=C(C)NC(C)=C3C(=O)OC(C)C)c2c1. The molecule has 0 aliphatic carbocycles. The van der Waals surface area contributed by atoms with Crippen LogP contribution in [-0.4, -0.2) is 17.1 Å². The second-order valence-corrected chi connectivity index (χ2v) is 7.31. The molecular formula is C23H25N3O2. The third kappa shape index (κ3) is 3.50. The van der Waals surface area contributed by atoms with Crippen molar-refractivity contribution in [1.29, 1.82) is 5.26 Å². The first-order valence-electron chi connectivity index (χ1n) is 9.54. The van der Waals surface area contributed by atoms with Crippen LogP contribution in [0.5, 0.6) is 0 Å². The zero-order chi connectivity index (χ0) is 20.4. The Labute approximate surface area is 165 Å². The number of hydrogen-bond donors (Lipinski definition) is 1. The Morgan fingerprint density at radius 3 is 2.71 bits per heavy atom. The van der Waals surface area contributed by atoms with Gasteiger partial charge in [-0.05, 0) is 57.4 Å². The van der Waals surface area contributed by atoms with Crippen LogP contribution < -0.4 is 5.32 Å². The van der Waals surface area contributed by atoms with Crippen molar-refractivity contribution in [2.24, 2.45) is 0 Å². The maximum absolute atomic E-state index is 13.0. The second kappa shape index (κ2) is 7.85. The molecule has 1 atom stereocenters. The zero-order valence-electron chi connectivity index (χ0n) is 17.0. The summed E-state index contributed by atoms with van der Waals surface area (Å²) in [5.74, 6) is -0.892. The molecule has 1 N–H and O–H groups in total. The maximum Gasteiger partial charge on any atom is 0.337 e. The summed E-state index contributed by atoms with van der Waals surface area (Å²) >= 11 is 0. The third-order valence-electron chi connectivity index (χ3n) is 4.98. The molecule has 5 heteroatoms. The van der Waals surface area contributed by atoms with Crippen molar-refractivity contribution >= 4 is 16.9 Å². The van der Waals surface area contributed by atoms with Gasteiger partial charge in [0.1, 0.15) is 0 Å². The number of nitriles is 1. The first-order chi connectivity index (χ1) is 13.4. The number of aryl methyl sites for hydroxylation is 1. The number of fused-ring (bicyclic) bond motifs is 1. The number of rotatable bonds is 4. The highest BCUT2D eigenvalue weighted by atomic mass is 16.5. The van der Waals surface area contributed by atoms with Gasteiger partial charge in [-0.3, -0.25) is 4.98 Å². The molecule has 1 aromatic heterocycles. The van der Waals surface area contributed by atoms with E-state index in [4.69, 9.17) is 4.74 Å². The molecule has 1 aliphatic rings. The molecule has 2 aromatic rings. The maximum atomic E-state index is 13.0. The lowest BCUT2D eigenvalue weighted by Crippen LogP contribution is -2.29. The Morgan fingerprint density at radius 2 is 2.07 bits per heavy atom. The number of ether oxygens (including phenoxy) is 1. The van der Waals surface area contributed by atoms with E-state index in [0.29, 0.717) is 16.8 Å². The zero-order valence-corrected chi connectivity index (χ0v) is 17.0. The third-order valence-corrected chi connectivity index (χ3v) is 4.98. The Hall–Kier alpha value is -3.13. The van der Waals surface area contributed by atoms with Crippen molar-refractivity contribution < 1.29 is 9.53 Å². The van der Waals surface area contributed by atoms with Crippen LogP contribution in [0, 0.1) is 11.3 Å². The molecule has 0 fully saturated rings. The van der Waals surface area contributed by atoms with E-state index >= 15 is 0 Å². The van der Waals surface area contributed by atoms with Gasteiger partial charge in [0.2, 0.25) is 0 Å². The number of dihydropyridines is 1. The lowest BCUT2D eigenvalue weighted by molar-refractivity contribution is -0.143. The van der Waals surface area contributed by atoms with E-state index in [2.05, 4.69) is 29.4 Å². The van der Waals surface area contributed by atoms with Crippen LogP contribution in [0.25, 0.3) is 10.9 Å². The number of pyridine rings is 1. The van der Waals surface area contributed by atoms with Crippen LogP contribution >= 0.6 is 0 Å². The number of allylic oxidation sites excluding steroid dienone is 3. The summed E-state index contributed by atoms with van der Waals surface area (Å²) in [5, 5.41) is 14.0. The highest BCUT2D eigenvalue weighted by molar-refractivity contribution is 5.95. The summed E-state index contributed by atoms with van der Waals surface area (Å²) in [7, 11) is 0. The summed E-state index contributed by atoms with van der Waals surface area (Å²) in [4.78, 5) is 17.5. The standard InChI is InChI=1S/C23H25N3O2/c1-6-16-10-18-17(8-7-9-20(18)25-12-16)22-19(11-24)14(4)26-15(5)21(22)23(27)28-13(2)3/h7-10,12-13,22,26H,6H2,1-5H3. The number of carbonyl (C=O) groups excluding carboxylic acids is 1. The molecule has 1 aliphatic heterocycles. The van der Waals surface area contributed by atoms with Gasteiger partial charge in [-0.15, -0.1) is 0 Å². The molecule has 2 heterocycles. The summed E-state index contributed by atoms with van der Waals surface area (Å²) in [6.45, 7) is 9.43. The topological polar surface area (TPSA) is 75.0 Å². The number of hydrogen-bond acceptors (Lipinski definition) is 5. The molecule has 0 radical (unpaired) electrons. The van der Waals surface area contributed by atoms with Gasteiger partial charge in [0.15, 0.2) is 0 Å². The van der Waals surface area contributed by atoms with Crippen molar-refractivity contribution in [3.05, 3.63) is 64.1 Å². The van der Waals surface area contributed by atoms with Gasteiger partial charge in [-0.25, -0.2) is 4.79 Å². The minimum atomic E-state index is -0.491. The number of esters is 1. The fourth-order valence-electron chi connectivity index (χ4n) is 3.66. The average molecular weight is 375 g/mol. The smallest absolute Gasteiger partial charge is 0.337 e. The van der Waals surface area contributed by atoms with Gasteiger partial charge in [0, 0.05) is 23.0 Å². The quantitative estimate of drug-likeness (QED) is 0.796. The normalized spacial score (nSPS) is 17.0. The average Bonchev–Trinajstić information content (AvgIpc) is 2.65. The van der Waals surface area contributed by atoms with Crippen molar-refractivity contribution in [2.45, 2.75) is 53.1 Å². The minimum Gasteiger partial charge on any atom is -0.460 e. The van der Waals surface area contributed by atoms with Gasteiger partial charge >= 0.3 is 5.97 Å². The molecule has 0 bridgehead atoms. The molecule has 144 valence electrons. The number of carbonyl (C=O) groups is 1. The van der Waals surface area contributed by atoms with Crippen molar-refractivity contribution in [3.63, 3.8) is 0 Å². The first kappa shape index (κ1) is 19.6. The van der Waals surface area contributed by atoms with E-state index in [9.17, 15) is 10.1 Å². The Morgan fingerprint density at radius 1 is 1.32 bits per heavy atom. The summed E-state index contributed by atoms with van der Waals surface area (Å²) in [6, 6.07) is 10.3. The van der Waals surface area contributed by atoms with Crippen molar-refractivity contribution in [1.82, 2.24) is 10.3 Å². The number of nitrogens with one attached hydrogen (secondary N) is 1. The molecule has 0 saturated heterocycles. The molecule has 0 saturated carbocycles. The van der Waals surface area contributed by atoms with E-state index in [-0.39, 0.29) is 6.10 Å². The molecule has 1 aromatic carbocycles. The first-order valence-corrected chi connectivity index (χ1v) is 9.54. The van der Waals surface area contributed by atoms with E-state index in [1.807, 2.05) is 52.1 Å². The highest BCUT2D eigenvalue weighted by Crippen LogP contribution is 2.41. The van der Waals surface area contributed by atoms with Crippen molar-refractivity contribution in [3.8, 4) is 6.07 Å². The predicted octanol–water partition coefficient (Wildman–Crippen LogP) is 4.51. The van der Waals surface area contributed by atoms with E-state index in [1.165, 1.54) is 0 Å². The van der Waals surface area contributed by atoms with Crippen LogP contribution in [0.4, 0.5) is 0 Å². The summed E-state index contributed by atoms with van der Waals surface area (Å²) < 4.78 is 5.51. The fraction of sp³-hybridized carbons (Fsp3) is 0.348. The molecule has 3 rings (SSSR count). The minimum absolute atomic E-state index is 0.244. The van der Waals surface area contributed by atoms with E-state index in [0.717, 1.165) is 34.1 Å². The Balaban J connectivity index is 2.28. The van der Waals surface area contributed by atoms with E-state index < -0.39 is 11.9 Å². The lowest BCUT2D eigenvalue weighted by Gasteiger charge is -2.29. The van der Waals surface area contributed by atoms with Gasteiger partial charge in [0.25, 0.3) is 0 Å². The monoisotopic (exact) mass is 375 g/mol. The van der Waals surface area contributed by atoms with Crippen LogP contribution in [0.15, 0.2) is 53.0 Å². The largest absolute Gasteiger partial charge is 0.460 e. The van der Waals surface area contributed by atoms with Gasteiger partial charge < -0.3 is 10.1 Å². The molecule has 1 unspecified atom stereocenters. The van der Waals surface area contributed by atoms with Crippen LogP contribution in [-0.2, 0) is 16.0 Å². The summed E-state index contributed by atoms with van der Waals surface area (Å²) in [6.07, 6.45) is 2.49. The van der Waals surface area contributed by atoms with Gasteiger partial charge in [-0.1, -0.05) is 19.1 Å². The summed E-state index contributed by atoms with van der Waals surface area (Å²) in [5.41, 5.74) is 5.32. The fourth-order valence-corrected chi connectivity index (χ4v) is 3.66. The Bertz CT molecular complexity index is 1040.